The molecule has 0 saturated heterocycles. The van der Waals surface area contributed by atoms with E-state index < -0.39 is 5.97 Å². The molecule has 0 amide bonds. The molecular weight excluding hydrogens is 212 g/mol. The van der Waals surface area contributed by atoms with Gasteiger partial charge in [0.1, 0.15) is 0 Å². The Kier molecular flexibility index (Phi) is 6.08. The molecule has 0 atom stereocenters. The van der Waals surface area contributed by atoms with Crippen molar-refractivity contribution in [1.29, 1.82) is 0 Å². The van der Waals surface area contributed by atoms with Gasteiger partial charge in [-0.05, 0) is 24.8 Å². The molecule has 1 N–H and O–H groups in total. The molecule has 2 heteroatoms. The van der Waals surface area contributed by atoms with Crippen LogP contribution in [0.25, 0.3) is 0 Å². The molecule has 0 radical (unpaired) electrons. The van der Waals surface area contributed by atoms with E-state index in [4.69, 9.17) is 5.11 Å². The lowest BCUT2D eigenvalue weighted by Gasteiger charge is -2.06. The van der Waals surface area contributed by atoms with Crippen LogP contribution in [0.2, 0.25) is 0 Å². The molecule has 1 aromatic carbocycles. The third-order valence-electron chi connectivity index (χ3n) is 2.70. The predicted octanol–water partition coefficient (Wildman–Crippen LogP) is 3.82. The molecule has 2 nitrogen and oxygen atoms in total. The van der Waals surface area contributed by atoms with Gasteiger partial charge in [-0.1, -0.05) is 55.7 Å². The number of carbonyl (C=O) groups is 1. The van der Waals surface area contributed by atoms with Crippen molar-refractivity contribution in [3.63, 3.8) is 0 Å². The number of allylic oxidation sites excluding steroid dienone is 1. The van der Waals surface area contributed by atoms with Crippen LogP contribution in [-0.2, 0) is 11.2 Å². The fourth-order valence-electron chi connectivity index (χ4n) is 1.85. The minimum absolute atomic E-state index is 0.747. The molecular formula is C15H20O2. The largest absolute Gasteiger partial charge is 0.478 e. The van der Waals surface area contributed by atoms with E-state index in [9.17, 15) is 4.79 Å². The molecule has 1 aromatic rings. The Morgan fingerprint density at radius 1 is 1.24 bits per heavy atom. The summed E-state index contributed by atoms with van der Waals surface area (Å²) in [7, 11) is 0. The number of carboxylic acid groups (broad SMARTS) is 1. The van der Waals surface area contributed by atoms with E-state index in [2.05, 4.69) is 6.92 Å². The normalized spacial score (nSPS) is 11.5. The summed E-state index contributed by atoms with van der Waals surface area (Å²) in [4.78, 5) is 10.8. The van der Waals surface area contributed by atoms with Crippen molar-refractivity contribution < 1.29 is 9.90 Å². The highest BCUT2D eigenvalue weighted by atomic mass is 16.4. The molecule has 0 aliphatic heterocycles. The summed E-state index contributed by atoms with van der Waals surface area (Å²) < 4.78 is 0. The summed E-state index contributed by atoms with van der Waals surface area (Å²) in [6, 6.07) is 10.0. The molecule has 0 aromatic heterocycles. The molecule has 0 aliphatic rings. The summed E-state index contributed by atoms with van der Waals surface area (Å²) in [5.41, 5.74) is 2.19. The van der Waals surface area contributed by atoms with Gasteiger partial charge < -0.3 is 5.11 Å². The van der Waals surface area contributed by atoms with Crippen LogP contribution >= 0.6 is 0 Å². The number of hydrogen-bond acceptors (Lipinski definition) is 1. The van der Waals surface area contributed by atoms with Gasteiger partial charge in [0, 0.05) is 6.08 Å². The van der Waals surface area contributed by atoms with Crippen molar-refractivity contribution in [2.75, 3.05) is 0 Å². The number of hydrogen-bond donors (Lipinski definition) is 1. The van der Waals surface area contributed by atoms with E-state index in [1.807, 2.05) is 30.3 Å². The Hall–Kier alpha value is -1.57. The summed E-state index contributed by atoms with van der Waals surface area (Å²) in [6.07, 6.45) is 6.38. The second-order valence-corrected chi connectivity index (χ2v) is 4.26. The fourth-order valence-corrected chi connectivity index (χ4v) is 1.85. The molecule has 0 unspecified atom stereocenters. The highest BCUT2D eigenvalue weighted by molar-refractivity contribution is 5.80. The van der Waals surface area contributed by atoms with E-state index in [1.54, 1.807) is 0 Å². The fraction of sp³-hybridized carbons (Fsp3) is 0.400. The first-order valence-corrected chi connectivity index (χ1v) is 6.18. The third kappa shape index (κ3) is 5.91. The molecule has 0 bridgehead atoms. The highest BCUT2D eigenvalue weighted by Gasteiger charge is 2.02. The molecule has 1 rings (SSSR count). The zero-order chi connectivity index (χ0) is 12.5. The van der Waals surface area contributed by atoms with Crippen molar-refractivity contribution in [2.24, 2.45) is 0 Å². The average molecular weight is 232 g/mol. The van der Waals surface area contributed by atoms with Gasteiger partial charge in [0.15, 0.2) is 0 Å². The highest BCUT2D eigenvalue weighted by Crippen LogP contribution is 2.15. The van der Waals surface area contributed by atoms with Crippen LogP contribution < -0.4 is 0 Å². The maximum Gasteiger partial charge on any atom is 0.328 e. The van der Waals surface area contributed by atoms with Gasteiger partial charge in [-0.25, -0.2) is 4.79 Å². The minimum Gasteiger partial charge on any atom is -0.478 e. The minimum atomic E-state index is -0.840. The van der Waals surface area contributed by atoms with Gasteiger partial charge in [0.05, 0.1) is 0 Å². The quantitative estimate of drug-likeness (QED) is 0.573. The van der Waals surface area contributed by atoms with E-state index in [1.165, 1.54) is 11.6 Å². The smallest absolute Gasteiger partial charge is 0.328 e. The van der Waals surface area contributed by atoms with Crippen molar-refractivity contribution in [2.45, 2.75) is 39.0 Å². The molecule has 0 heterocycles. The lowest BCUT2D eigenvalue weighted by atomic mass is 9.99. The monoisotopic (exact) mass is 232 g/mol. The van der Waals surface area contributed by atoms with Crippen molar-refractivity contribution in [1.82, 2.24) is 0 Å². The van der Waals surface area contributed by atoms with Crippen LogP contribution in [0.1, 0.15) is 38.2 Å². The van der Waals surface area contributed by atoms with Crippen LogP contribution in [0.5, 0.6) is 0 Å². The van der Waals surface area contributed by atoms with Gasteiger partial charge in [-0.2, -0.15) is 0 Å². The molecule has 0 spiro atoms. The average Bonchev–Trinajstić information content (AvgIpc) is 2.30. The molecule has 17 heavy (non-hydrogen) atoms. The van der Waals surface area contributed by atoms with Gasteiger partial charge >= 0.3 is 5.97 Å². The Morgan fingerprint density at radius 2 is 1.94 bits per heavy atom. The number of benzene rings is 1. The van der Waals surface area contributed by atoms with Crippen LogP contribution in [0, 0.1) is 0 Å². The molecule has 0 fully saturated rings. The summed E-state index contributed by atoms with van der Waals surface area (Å²) in [6.45, 7) is 2.15. The zero-order valence-corrected chi connectivity index (χ0v) is 10.4. The Labute approximate surface area is 103 Å². The lowest BCUT2D eigenvalue weighted by molar-refractivity contribution is -0.131. The first-order chi connectivity index (χ1) is 8.22. The Morgan fingerprint density at radius 3 is 2.53 bits per heavy atom. The van der Waals surface area contributed by atoms with Crippen molar-refractivity contribution in [3.8, 4) is 0 Å². The summed E-state index contributed by atoms with van der Waals surface area (Å²) >= 11 is 0. The number of carboxylic acids is 1. The zero-order valence-electron chi connectivity index (χ0n) is 10.4. The second kappa shape index (κ2) is 7.66. The van der Waals surface area contributed by atoms with E-state index in [0.29, 0.717) is 0 Å². The predicted molar refractivity (Wildman–Crippen MR) is 70.0 cm³/mol. The molecule has 92 valence electrons. The Bertz CT molecular complexity index is 366. The summed E-state index contributed by atoms with van der Waals surface area (Å²) in [5.74, 6) is -0.840. The lowest BCUT2D eigenvalue weighted by Crippen LogP contribution is -1.97. The van der Waals surface area contributed by atoms with Gasteiger partial charge in [-0.15, -0.1) is 0 Å². The van der Waals surface area contributed by atoms with Gasteiger partial charge in [0.2, 0.25) is 0 Å². The van der Waals surface area contributed by atoms with E-state index >= 15 is 0 Å². The van der Waals surface area contributed by atoms with E-state index in [-0.39, 0.29) is 0 Å². The first-order valence-electron chi connectivity index (χ1n) is 6.18. The maximum atomic E-state index is 10.8. The van der Waals surface area contributed by atoms with Crippen molar-refractivity contribution >= 4 is 5.97 Å². The first kappa shape index (κ1) is 13.5. The Balaban J connectivity index is 2.61. The third-order valence-corrected chi connectivity index (χ3v) is 2.70. The van der Waals surface area contributed by atoms with E-state index in [0.717, 1.165) is 37.7 Å². The topological polar surface area (TPSA) is 37.3 Å². The SMILES string of the molecule is CCCCC/C(=C/C(=O)O)Cc1ccccc1. The second-order valence-electron chi connectivity index (χ2n) is 4.26. The summed E-state index contributed by atoms with van der Waals surface area (Å²) in [5, 5.41) is 8.84. The van der Waals surface area contributed by atoms with Crippen LogP contribution in [0.15, 0.2) is 42.0 Å². The van der Waals surface area contributed by atoms with Crippen LogP contribution in [0.3, 0.4) is 0 Å². The number of rotatable bonds is 7. The van der Waals surface area contributed by atoms with Gasteiger partial charge in [-0.3, -0.25) is 0 Å². The van der Waals surface area contributed by atoms with Crippen molar-refractivity contribution in [3.05, 3.63) is 47.5 Å². The van der Waals surface area contributed by atoms with Crippen LogP contribution in [-0.4, -0.2) is 11.1 Å². The number of aliphatic carboxylic acids is 1. The molecule has 0 saturated carbocycles. The maximum absolute atomic E-state index is 10.8. The standard InChI is InChI=1S/C15H20O2/c1-2-3-5-10-14(12-15(16)17)11-13-8-6-4-7-9-13/h4,6-9,12H,2-3,5,10-11H2,1H3,(H,16,17)/b14-12-. The van der Waals surface area contributed by atoms with Gasteiger partial charge in [0.25, 0.3) is 0 Å². The van der Waals surface area contributed by atoms with Crippen LogP contribution in [0.4, 0.5) is 0 Å². The molecule has 0 aliphatic carbocycles. The number of unbranched alkanes of at least 4 members (excludes halogenated alkanes) is 2.